The summed E-state index contributed by atoms with van der Waals surface area (Å²) in [7, 11) is 0. The number of aromatic amines is 1. The van der Waals surface area contributed by atoms with Crippen LogP contribution in [0.5, 0.6) is 5.88 Å². The number of rotatable bonds is 4. The highest BCUT2D eigenvalue weighted by molar-refractivity contribution is 7.99. The van der Waals surface area contributed by atoms with Crippen molar-refractivity contribution in [2.45, 2.75) is 30.1 Å². The number of nitrogen functional groups attached to an aromatic ring is 1. The van der Waals surface area contributed by atoms with Crippen molar-refractivity contribution in [2.75, 3.05) is 5.73 Å². The van der Waals surface area contributed by atoms with E-state index in [0.29, 0.717) is 16.6 Å². The van der Waals surface area contributed by atoms with Gasteiger partial charge >= 0.3 is 0 Å². The van der Waals surface area contributed by atoms with Crippen molar-refractivity contribution in [3.05, 3.63) is 18.7 Å². The zero-order valence-electron chi connectivity index (χ0n) is 9.54. The van der Waals surface area contributed by atoms with Gasteiger partial charge in [-0.25, -0.2) is 9.97 Å². The third-order valence-corrected chi connectivity index (χ3v) is 2.76. The molecule has 0 aliphatic carbocycles. The van der Waals surface area contributed by atoms with Gasteiger partial charge in [-0.2, -0.15) is 4.98 Å². The Kier molecular flexibility index (Phi) is 3.48. The summed E-state index contributed by atoms with van der Waals surface area (Å²) in [5.74, 6) is 0.407. The monoisotopic (exact) mass is 251 g/mol. The molecule has 0 fully saturated rings. The number of hydrogen-bond acceptors (Lipinski definition) is 6. The van der Waals surface area contributed by atoms with Gasteiger partial charge in [0, 0.05) is 12.4 Å². The third-order valence-electron chi connectivity index (χ3n) is 1.82. The number of H-pyrrole nitrogens is 1. The van der Waals surface area contributed by atoms with Crippen LogP contribution in [-0.2, 0) is 0 Å². The zero-order chi connectivity index (χ0) is 12.3. The first kappa shape index (κ1) is 11.7. The summed E-state index contributed by atoms with van der Waals surface area (Å²) in [5.41, 5.74) is 6.37. The number of imidazole rings is 1. The second kappa shape index (κ2) is 5.05. The minimum atomic E-state index is 0.0219. The van der Waals surface area contributed by atoms with Crippen LogP contribution < -0.4 is 10.5 Å². The predicted octanol–water partition coefficient (Wildman–Crippen LogP) is 1.72. The van der Waals surface area contributed by atoms with Crippen molar-refractivity contribution in [3.8, 4) is 5.88 Å². The number of nitrogens with one attached hydrogen (secondary N) is 1. The molecule has 0 aliphatic heterocycles. The molecule has 0 unspecified atom stereocenters. The van der Waals surface area contributed by atoms with Crippen LogP contribution in [0.4, 0.5) is 5.69 Å². The number of anilines is 1. The summed E-state index contributed by atoms with van der Waals surface area (Å²) in [4.78, 5) is 15.2. The van der Waals surface area contributed by atoms with E-state index in [0.717, 1.165) is 5.16 Å². The molecule has 0 aromatic carbocycles. The van der Waals surface area contributed by atoms with Crippen molar-refractivity contribution in [1.29, 1.82) is 0 Å². The van der Waals surface area contributed by atoms with E-state index < -0.39 is 0 Å². The largest absolute Gasteiger partial charge is 0.473 e. The predicted molar refractivity (Wildman–Crippen MR) is 64.9 cm³/mol. The van der Waals surface area contributed by atoms with Gasteiger partial charge in [-0.3, -0.25) is 0 Å². The van der Waals surface area contributed by atoms with Gasteiger partial charge in [-0.15, -0.1) is 0 Å². The average Bonchev–Trinajstić information content (AvgIpc) is 2.76. The lowest BCUT2D eigenvalue weighted by Crippen LogP contribution is -2.10. The Bertz CT molecular complexity index is 485. The lowest BCUT2D eigenvalue weighted by atomic mass is 10.4. The topological polar surface area (TPSA) is 89.7 Å². The Labute approximate surface area is 103 Å². The molecular weight excluding hydrogens is 238 g/mol. The molecule has 0 spiro atoms. The van der Waals surface area contributed by atoms with E-state index in [4.69, 9.17) is 10.5 Å². The molecule has 7 heteroatoms. The molecule has 3 N–H and O–H groups in total. The number of nitrogens with zero attached hydrogens (tertiary/aromatic N) is 3. The standard InChI is InChI=1S/C10H13N5OS/c1-6(2)16-8-7(11)9(15-5-14-8)17-10-12-3-4-13-10/h3-6H,11H2,1-2H3,(H,12,13). The quantitative estimate of drug-likeness (QED) is 0.804. The molecule has 0 radical (unpaired) electrons. The van der Waals surface area contributed by atoms with E-state index in [1.807, 2.05) is 13.8 Å². The van der Waals surface area contributed by atoms with E-state index in [1.54, 1.807) is 12.4 Å². The van der Waals surface area contributed by atoms with Crippen LogP contribution in [0.3, 0.4) is 0 Å². The summed E-state index contributed by atoms with van der Waals surface area (Å²) in [6, 6.07) is 0. The van der Waals surface area contributed by atoms with Crippen LogP contribution in [0.25, 0.3) is 0 Å². The minimum absolute atomic E-state index is 0.0219. The Hall–Kier alpha value is -1.76. The van der Waals surface area contributed by atoms with E-state index in [2.05, 4.69) is 19.9 Å². The molecular formula is C10H13N5OS. The van der Waals surface area contributed by atoms with E-state index in [9.17, 15) is 0 Å². The highest BCUT2D eigenvalue weighted by Gasteiger charge is 2.12. The molecule has 0 saturated heterocycles. The molecule has 0 bridgehead atoms. The molecule has 6 nitrogen and oxygen atoms in total. The highest BCUT2D eigenvalue weighted by Crippen LogP contribution is 2.32. The van der Waals surface area contributed by atoms with Crippen molar-refractivity contribution >= 4 is 17.4 Å². The summed E-state index contributed by atoms with van der Waals surface area (Å²) in [5, 5.41) is 1.36. The highest BCUT2D eigenvalue weighted by atomic mass is 32.2. The second-order valence-electron chi connectivity index (χ2n) is 3.56. The van der Waals surface area contributed by atoms with Gasteiger partial charge < -0.3 is 15.5 Å². The lowest BCUT2D eigenvalue weighted by Gasteiger charge is -2.11. The molecule has 0 amide bonds. The van der Waals surface area contributed by atoms with Crippen LogP contribution >= 0.6 is 11.8 Å². The molecule has 17 heavy (non-hydrogen) atoms. The second-order valence-corrected chi connectivity index (χ2v) is 4.54. The first-order chi connectivity index (χ1) is 8.16. The first-order valence-corrected chi connectivity index (χ1v) is 5.93. The maximum Gasteiger partial charge on any atom is 0.241 e. The minimum Gasteiger partial charge on any atom is -0.473 e. The zero-order valence-corrected chi connectivity index (χ0v) is 10.4. The lowest BCUT2D eigenvalue weighted by molar-refractivity contribution is 0.233. The summed E-state index contributed by atoms with van der Waals surface area (Å²) < 4.78 is 5.48. The van der Waals surface area contributed by atoms with Crippen molar-refractivity contribution in [3.63, 3.8) is 0 Å². The van der Waals surface area contributed by atoms with E-state index in [-0.39, 0.29) is 6.10 Å². The molecule has 0 saturated carbocycles. The van der Waals surface area contributed by atoms with Crippen molar-refractivity contribution < 1.29 is 4.74 Å². The van der Waals surface area contributed by atoms with Gasteiger partial charge in [0.2, 0.25) is 5.88 Å². The first-order valence-electron chi connectivity index (χ1n) is 5.11. The van der Waals surface area contributed by atoms with Gasteiger partial charge in [0.05, 0.1) is 6.10 Å². The van der Waals surface area contributed by atoms with Crippen LogP contribution in [0, 0.1) is 0 Å². The Morgan fingerprint density at radius 3 is 2.82 bits per heavy atom. The van der Waals surface area contributed by atoms with Crippen LogP contribution in [0.1, 0.15) is 13.8 Å². The van der Waals surface area contributed by atoms with Crippen LogP contribution in [0.15, 0.2) is 28.9 Å². The van der Waals surface area contributed by atoms with E-state index >= 15 is 0 Å². The fraction of sp³-hybridized carbons (Fsp3) is 0.300. The number of nitrogens with two attached hydrogens (primary N) is 1. The fourth-order valence-electron chi connectivity index (χ4n) is 1.16. The van der Waals surface area contributed by atoms with Gasteiger partial charge in [0.25, 0.3) is 0 Å². The summed E-state index contributed by atoms with van der Waals surface area (Å²) in [6.07, 6.45) is 4.86. The fourth-order valence-corrected chi connectivity index (χ4v) is 1.88. The van der Waals surface area contributed by atoms with Gasteiger partial charge in [-0.1, -0.05) is 0 Å². The molecule has 2 aromatic heterocycles. The van der Waals surface area contributed by atoms with Crippen LogP contribution in [-0.4, -0.2) is 26.0 Å². The van der Waals surface area contributed by atoms with Gasteiger partial charge in [0.1, 0.15) is 17.0 Å². The average molecular weight is 251 g/mol. The van der Waals surface area contributed by atoms with Crippen LogP contribution in [0.2, 0.25) is 0 Å². The van der Waals surface area contributed by atoms with Gasteiger partial charge in [-0.05, 0) is 25.6 Å². The van der Waals surface area contributed by atoms with Gasteiger partial charge in [0.15, 0.2) is 5.16 Å². The SMILES string of the molecule is CC(C)Oc1ncnc(Sc2ncc[nH]2)c1N. The molecule has 2 aromatic rings. The Morgan fingerprint density at radius 2 is 2.18 bits per heavy atom. The summed E-state index contributed by atoms with van der Waals surface area (Å²) >= 11 is 1.34. The Balaban J connectivity index is 2.23. The number of aromatic nitrogens is 4. The maximum absolute atomic E-state index is 5.94. The number of ether oxygens (including phenoxy) is 1. The normalized spacial score (nSPS) is 10.8. The molecule has 0 aliphatic rings. The number of hydrogen-bond donors (Lipinski definition) is 2. The third kappa shape index (κ3) is 2.88. The smallest absolute Gasteiger partial charge is 0.241 e. The van der Waals surface area contributed by atoms with Crippen molar-refractivity contribution in [2.24, 2.45) is 0 Å². The summed E-state index contributed by atoms with van der Waals surface area (Å²) in [6.45, 7) is 3.84. The molecule has 90 valence electrons. The molecule has 2 rings (SSSR count). The Morgan fingerprint density at radius 1 is 1.35 bits per heavy atom. The maximum atomic E-state index is 5.94. The molecule has 2 heterocycles. The van der Waals surface area contributed by atoms with Crippen molar-refractivity contribution in [1.82, 2.24) is 19.9 Å². The van der Waals surface area contributed by atoms with E-state index in [1.165, 1.54) is 18.1 Å². The molecule has 0 atom stereocenters.